The van der Waals surface area contributed by atoms with Crippen molar-refractivity contribution in [2.24, 2.45) is 0 Å². The van der Waals surface area contributed by atoms with Crippen molar-refractivity contribution in [3.05, 3.63) is 24.0 Å². The van der Waals surface area contributed by atoms with Gasteiger partial charge in [0.05, 0.1) is 16.6 Å². The van der Waals surface area contributed by atoms with E-state index in [0.717, 1.165) is 36.4 Å². The molecule has 0 unspecified atom stereocenters. The lowest BCUT2D eigenvalue weighted by Crippen LogP contribution is -2.59. The summed E-state index contributed by atoms with van der Waals surface area (Å²) in [6.07, 6.45) is 9.93. The molecule has 0 radical (unpaired) electrons. The van der Waals surface area contributed by atoms with Crippen LogP contribution in [0.5, 0.6) is 0 Å². The minimum atomic E-state index is 0.259. The highest BCUT2D eigenvalue weighted by molar-refractivity contribution is 5.94. The zero-order valence-corrected chi connectivity index (χ0v) is 12.7. The van der Waals surface area contributed by atoms with Crippen molar-refractivity contribution in [1.82, 2.24) is 15.3 Å². The third-order valence-electron chi connectivity index (χ3n) is 5.17. The zero-order chi connectivity index (χ0) is 15.0. The molecule has 2 aromatic rings. The van der Waals surface area contributed by atoms with Gasteiger partial charge in [-0.05, 0) is 38.3 Å². The first kappa shape index (κ1) is 13.6. The van der Waals surface area contributed by atoms with Gasteiger partial charge >= 0.3 is 0 Å². The van der Waals surface area contributed by atoms with Gasteiger partial charge in [-0.3, -0.25) is 0 Å². The molecule has 2 saturated heterocycles. The molecule has 2 aliphatic rings. The van der Waals surface area contributed by atoms with Gasteiger partial charge in [-0.2, -0.15) is 5.26 Å². The number of H-pyrrole nitrogens is 1. The Labute approximate surface area is 130 Å². The quantitative estimate of drug-likeness (QED) is 0.848. The first-order valence-electron chi connectivity index (χ1n) is 8.18. The Morgan fingerprint density at radius 2 is 2.18 bits per heavy atom. The summed E-state index contributed by atoms with van der Waals surface area (Å²) in [6, 6.07) is 4.34. The van der Waals surface area contributed by atoms with Crippen LogP contribution >= 0.6 is 0 Å². The fourth-order valence-electron chi connectivity index (χ4n) is 4.11. The Morgan fingerprint density at radius 1 is 1.27 bits per heavy atom. The summed E-state index contributed by atoms with van der Waals surface area (Å²) in [5.74, 6) is 0. The van der Waals surface area contributed by atoms with E-state index in [1.165, 1.54) is 32.1 Å². The summed E-state index contributed by atoms with van der Waals surface area (Å²) in [4.78, 5) is 9.92. The van der Waals surface area contributed by atoms with E-state index in [9.17, 15) is 5.26 Å². The van der Waals surface area contributed by atoms with Gasteiger partial charge in [-0.15, -0.1) is 0 Å². The number of pyridine rings is 1. The van der Waals surface area contributed by atoms with Crippen LogP contribution < -0.4 is 10.2 Å². The number of hydrogen-bond acceptors (Lipinski definition) is 4. The van der Waals surface area contributed by atoms with Gasteiger partial charge in [0.2, 0.25) is 0 Å². The molecule has 0 aromatic carbocycles. The first-order chi connectivity index (χ1) is 10.8. The van der Waals surface area contributed by atoms with E-state index in [-0.39, 0.29) is 5.54 Å². The molecule has 0 bridgehead atoms. The average Bonchev–Trinajstić information content (AvgIpc) is 2.99. The lowest BCUT2D eigenvalue weighted by atomic mass is 9.81. The molecule has 4 heterocycles. The minimum Gasteiger partial charge on any atom is -0.369 e. The van der Waals surface area contributed by atoms with Gasteiger partial charge in [0.1, 0.15) is 11.7 Å². The number of nitrogens with zero attached hydrogens (tertiary/aromatic N) is 3. The second-order valence-electron chi connectivity index (χ2n) is 6.56. The highest BCUT2D eigenvalue weighted by Crippen LogP contribution is 2.35. The van der Waals surface area contributed by atoms with Gasteiger partial charge in [-0.1, -0.05) is 6.42 Å². The summed E-state index contributed by atoms with van der Waals surface area (Å²) in [7, 11) is 0. The Hall–Kier alpha value is -2.06. The summed E-state index contributed by atoms with van der Waals surface area (Å²) in [6.45, 7) is 3.22. The molecule has 2 N–H and O–H groups in total. The molecule has 2 aliphatic heterocycles. The topological polar surface area (TPSA) is 67.7 Å². The van der Waals surface area contributed by atoms with Crippen molar-refractivity contribution >= 4 is 16.7 Å². The molecule has 0 saturated carbocycles. The number of fused-ring (bicyclic) bond motifs is 1. The number of nitriles is 1. The van der Waals surface area contributed by atoms with Crippen LogP contribution in [0.2, 0.25) is 0 Å². The van der Waals surface area contributed by atoms with E-state index in [1.54, 1.807) is 6.20 Å². The molecule has 0 aliphatic carbocycles. The standard InChI is InChI=1S/C17H21N5/c18-10-13-11-20-16-15(13)14(4-8-19-16)22-9-3-6-17(12-22)5-1-2-7-21-17/h4,8,11,21H,1-3,5-7,9,12H2,(H,19,20)/t17-/m0/s1. The van der Waals surface area contributed by atoms with Gasteiger partial charge in [0.25, 0.3) is 0 Å². The Morgan fingerprint density at radius 3 is 3.00 bits per heavy atom. The van der Waals surface area contributed by atoms with Crippen LogP contribution in [0.3, 0.4) is 0 Å². The molecule has 4 rings (SSSR count). The second kappa shape index (κ2) is 5.29. The summed E-state index contributed by atoms with van der Waals surface area (Å²) < 4.78 is 0. The fourth-order valence-corrected chi connectivity index (χ4v) is 4.11. The lowest BCUT2D eigenvalue weighted by Gasteiger charge is -2.47. The van der Waals surface area contributed by atoms with Crippen molar-refractivity contribution in [1.29, 1.82) is 5.26 Å². The molecule has 5 heteroatoms. The molecule has 2 fully saturated rings. The Balaban J connectivity index is 1.72. The van der Waals surface area contributed by atoms with Crippen LogP contribution in [-0.4, -0.2) is 35.1 Å². The summed E-state index contributed by atoms with van der Waals surface area (Å²) in [5.41, 5.74) is 2.91. The lowest BCUT2D eigenvalue weighted by molar-refractivity contribution is 0.216. The van der Waals surface area contributed by atoms with E-state index >= 15 is 0 Å². The van der Waals surface area contributed by atoms with Crippen molar-refractivity contribution in [3.63, 3.8) is 0 Å². The summed E-state index contributed by atoms with van der Waals surface area (Å²) in [5, 5.41) is 14.1. The van der Waals surface area contributed by atoms with E-state index in [1.807, 2.05) is 6.20 Å². The highest BCUT2D eigenvalue weighted by Gasteiger charge is 2.36. The third kappa shape index (κ3) is 2.15. The number of rotatable bonds is 1. The SMILES string of the molecule is N#Cc1c[nH]c2nccc(N3CCC[C@@]4(CCCCN4)C3)c12. The number of nitrogens with one attached hydrogen (secondary N) is 2. The van der Waals surface area contributed by atoms with Crippen LogP contribution in [0.4, 0.5) is 5.69 Å². The van der Waals surface area contributed by atoms with Crippen LogP contribution in [0.15, 0.2) is 18.5 Å². The maximum Gasteiger partial charge on any atom is 0.140 e. The number of aromatic nitrogens is 2. The average molecular weight is 295 g/mol. The Kier molecular flexibility index (Phi) is 3.27. The third-order valence-corrected chi connectivity index (χ3v) is 5.17. The minimum absolute atomic E-state index is 0.259. The number of aromatic amines is 1. The summed E-state index contributed by atoms with van der Waals surface area (Å²) >= 11 is 0. The smallest absolute Gasteiger partial charge is 0.140 e. The van der Waals surface area contributed by atoms with Gasteiger partial charge < -0.3 is 15.2 Å². The highest BCUT2D eigenvalue weighted by atomic mass is 15.2. The Bertz CT molecular complexity index is 715. The second-order valence-corrected chi connectivity index (χ2v) is 6.56. The van der Waals surface area contributed by atoms with Crippen molar-refractivity contribution in [3.8, 4) is 6.07 Å². The van der Waals surface area contributed by atoms with Gasteiger partial charge in [0.15, 0.2) is 0 Å². The van der Waals surface area contributed by atoms with Crippen LogP contribution in [0.25, 0.3) is 11.0 Å². The number of hydrogen-bond donors (Lipinski definition) is 2. The van der Waals surface area contributed by atoms with Crippen LogP contribution in [0.1, 0.15) is 37.7 Å². The normalized spacial score (nSPS) is 25.5. The molecule has 22 heavy (non-hydrogen) atoms. The van der Waals surface area contributed by atoms with Crippen LogP contribution in [0, 0.1) is 11.3 Å². The van der Waals surface area contributed by atoms with Crippen molar-refractivity contribution in [2.75, 3.05) is 24.5 Å². The number of piperidine rings is 2. The number of anilines is 1. The molecule has 114 valence electrons. The maximum absolute atomic E-state index is 9.36. The maximum atomic E-state index is 9.36. The van der Waals surface area contributed by atoms with E-state index in [0.29, 0.717) is 5.56 Å². The molecule has 5 nitrogen and oxygen atoms in total. The molecule has 0 amide bonds. The first-order valence-corrected chi connectivity index (χ1v) is 8.18. The van der Waals surface area contributed by atoms with Gasteiger partial charge in [0, 0.05) is 31.0 Å². The predicted molar refractivity (Wildman–Crippen MR) is 86.8 cm³/mol. The van der Waals surface area contributed by atoms with E-state index < -0.39 is 0 Å². The van der Waals surface area contributed by atoms with Crippen molar-refractivity contribution < 1.29 is 0 Å². The molecule has 1 atom stereocenters. The van der Waals surface area contributed by atoms with Gasteiger partial charge in [-0.25, -0.2) is 4.98 Å². The molecule has 1 spiro atoms. The van der Waals surface area contributed by atoms with E-state index in [2.05, 4.69) is 32.3 Å². The predicted octanol–water partition coefficient (Wildman–Crippen LogP) is 2.55. The molecular weight excluding hydrogens is 274 g/mol. The van der Waals surface area contributed by atoms with Crippen molar-refractivity contribution in [2.45, 2.75) is 37.6 Å². The molecule has 2 aromatic heterocycles. The van der Waals surface area contributed by atoms with Crippen LogP contribution in [-0.2, 0) is 0 Å². The largest absolute Gasteiger partial charge is 0.369 e. The van der Waals surface area contributed by atoms with E-state index in [4.69, 9.17) is 0 Å². The monoisotopic (exact) mass is 295 g/mol. The molecular formula is C17H21N5. The zero-order valence-electron chi connectivity index (χ0n) is 12.7. The fraction of sp³-hybridized carbons (Fsp3) is 0.529.